The maximum absolute atomic E-state index is 11.9. The first kappa shape index (κ1) is 16.1. The maximum atomic E-state index is 11.9. The largest absolute Gasteiger partial charge is 0.457 e. The molecule has 0 saturated carbocycles. The van der Waals surface area contributed by atoms with Crippen molar-refractivity contribution in [3.05, 3.63) is 57.0 Å². The van der Waals surface area contributed by atoms with Crippen molar-refractivity contribution in [2.75, 3.05) is 6.26 Å². The van der Waals surface area contributed by atoms with E-state index in [1.54, 1.807) is 0 Å². The van der Waals surface area contributed by atoms with Gasteiger partial charge in [-0.25, -0.2) is 13.2 Å². The SMILES string of the molecule is CS(=O)(=O)c1cccc(C(=O)OCc2csc([N+](=O)[O-])c2)c1. The number of ether oxygens (including phenoxy) is 1. The Morgan fingerprint density at radius 1 is 1.36 bits per heavy atom. The van der Waals surface area contributed by atoms with Gasteiger partial charge in [-0.15, -0.1) is 0 Å². The average molecular weight is 341 g/mol. The minimum absolute atomic E-state index is 0.0214. The third-order valence-electron chi connectivity index (χ3n) is 2.69. The lowest BCUT2D eigenvalue weighted by molar-refractivity contribution is -0.380. The molecule has 0 radical (unpaired) electrons. The first-order chi connectivity index (χ1) is 10.3. The highest BCUT2D eigenvalue weighted by Gasteiger charge is 2.14. The van der Waals surface area contributed by atoms with E-state index < -0.39 is 20.7 Å². The van der Waals surface area contributed by atoms with Gasteiger partial charge in [-0.1, -0.05) is 17.4 Å². The van der Waals surface area contributed by atoms with Gasteiger partial charge in [0.15, 0.2) is 9.84 Å². The van der Waals surface area contributed by atoms with Gasteiger partial charge in [0.25, 0.3) is 0 Å². The van der Waals surface area contributed by atoms with E-state index in [-0.39, 0.29) is 22.1 Å². The van der Waals surface area contributed by atoms with Crippen LogP contribution in [0.5, 0.6) is 0 Å². The number of hydrogen-bond donors (Lipinski definition) is 0. The lowest BCUT2D eigenvalue weighted by Crippen LogP contribution is -2.06. The summed E-state index contributed by atoms with van der Waals surface area (Å²) in [5.41, 5.74) is 0.608. The third kappa shape index (κ3) is 3.89. The van der Waals surface area contributed by atoms with Gasteiger partial charge in [-0.2, -0.15) is 0 Å². The fourth-order valence-electron chi connectivity index (χ4n) is 1.62. The Balaban J connectivity index is 2.07. The summed E-state index contributed by atoms with van der Waals surface area (Å²) in [5, 5.41) is 12.0. The predicted molar refractivity (Wildman–Crippen MR) is 79.6 cm³/mol. The molecule has 7 nitrogen and oxygen atoms in total. The van der Waals surface area contributed by atoms with E-state index in [1.165, 1.54) is 35.7 Å². The van der Waals surface area contributed by atoms with Gasteiger partial charge >= 0.3 is 11.0 Å². The normalized spacial score (nSPS) is 11.1. The summed E-state index contributed by atoms with van der Waals surface area (Å²) in [6.07, 6.45) is 1.04. The van der Waals surface area contributed by atoms with Crippen LogP contribution in [0.2, 0.25) is 0 Å². The third-order valence-corrected chi connectivity index (χ3v) is 4.73. The molecule has 2 aromatic rings. The fraction of sp³-hybridized carbons (Fsp3) is 0.154. The number of hydrogen-bond acceptors (Lipinski definition) is 7. The lowest BCUT2D eigenvalue weighted by Gasteiger charge is -2.05. The molecule has 0 aliphatic carbocycles. The Labute approximate surface area is 130 Å². The molecule has 0 fully saturated rings. The number of thiophene rings is 1. The highest BCUT2D eigenvalue weighted by atomic mass is 32.2. The van der Waals surface area contributed by atoms with Gasteiger partial charge in [0.1, 0.15) is 6.61 Å². The average Bonchev–Trinajstić information content (AvgIpc) is 2.93. The van der Waals surface area contributed by atoms with Crippen LogP contribution in [0.15, 0.2) is 40.6 Å². The molecule has 0 spiro atoms. The van der Waals surface area contributed by atoms with Crippen molar-refractivity contribution in [3.8, 4) is 0 Å². The molecule has 0 bridgehead atoms. The summed E-state index contributed by atoms with van der Waals surface area (Å²) >= 11 is 0.941. The van der Waals surface area contributed by atoms with Crippen LogP contribution in [0.3, 0.4) is 0 Å². The molecule has 9 heteroatoms. The topological polar surface area (TPSA) is 104 Å². The molecule has 0 amide bonds. The van der Waals surface area contributed by atoms with Crippen LogP contribution in [0.25, 0.3) is 0 Å². The summed E-state index contributed by atoms with van der Waals surface area (Å²) in [4.78, 5) is 21.9. The van der Waals surface area contributed by atoms with Crippen LogP contribution in [0.1, 0.15) is 15.9 Å². The molecule has 22 heavy (non-hydrogen) atoms. The summed E-state index contributed by atoms with van der Waals surface area (Å²) in [6.45, 7) is -0.119. The van der Waals surface area contributed by atoms with Gasteiger partial charge in [0.2, 0.25) is 0 Å². The van der Waals surface area contributed by atoms with E-state index in [1.807, 2.05) is 0 Å². The minimum atomic E-state index is -3.41. The van der Waals surface area contributed by atoms with Crippen molar-refractivity contribution in [3.63, 3.8) is 0 Å². The molecule has 0 aliphatic rings. The number of rotatable bonds is 5. The molecule has 1 aromatic carbocycles. The zero-order valence-corrected chi connectivity index (χ0v) is 13.0. The molecular formula is C13H11NO6S2. The van der Waals surface area contributed by atoms with Gasteiger partial charge in [0.05, 0.1) is 15.4 Å². The van der Waals surface area contributed by atoms with Crippen molar-refractivity contribution in [2.24, 2.45) is 0 Å². The number of nitrogens with zero attached hydrogens (tertiary/aromatic N) is 1. The predicted octanol–water partition coefficient (Wildman–Crippen LogP) is 2.42. The first-order valence-corrected chi connectivity index (χ1v) is 8.73. The Morgan fingerprint density at radius 2 is 2.09 bits per heavy atom. The molecule has 0 aliphatic heterocycles. The van der Waals surface area contributed by atoms with Crippen LogP contribution in [-0.4, -0.2) is 25.6 Å². The van der Waals surface area contributed by atoms with Gasteiger partial charge < -0.3 is 4.74 Å². The Bertz CT molecular complexity index is 825. The minimum Gasteiger partial charge on any atom is -0.457 e. The van der Waals surface area contributed by atoms with Gasteiger partial charge in [0, 0.05) is 23.3 Å². The first-order valence-electron chi connectivity index (χ1n) is 5.96. The zero-order chi connectivity index (χ0) is 16.3. The molecule has 0 N–H and O–H groups in total. The fourth-order valence-corrected chi connectivity index (χ4v) is 3.00. The van der Waals surface area contributed by atoms with Crippen molar-refractivity contribution in [1.29, 1.82) is 0 Å². The summed E-state index contributed by atoms with van der Waals surface area (Å²) < 4.78 is 27.9. The van der Waals surface area contributed by atoms with Crippen molar-refractivity contribution in [1.82, 2.24) is 0 Å². The highest BCUT2D eigenvalue weighted by molar-refractivity contribution is 7.90. The summed E-state index contributed by atoms with van der Waals surface area (Å²) in [7, 11) is -3.41. The summed E-state index contributed by atoms with van der Waals surface area (Å²) in [6, 6.07) is 6.82. The molecule has 1 aromatic heterocycles. The van der Waals surface area contributed by atoms with Crippen LogP contribution in [0, 0.1) is 10.1 Å². The van der Waals surface area contributed by atoms with Gasteiger partial charge in [-0.05, 0) is 18.2 Å². The van der Waals surface area contributed by atoms with E-state index >= 15 is 0 Å². The van der Waals surface area contributed by atoms with E-state index in [9.17, 15) is 23.3 Å². The number of carbonyl (C=O) groups is 1. The van der Waals surface area contributed by atoms with Crippen LogP contribution in [-0.2, 0) is 21.2 Å². The molecule has 116 valence electrons. The molecule has 2 rings (SSSR count). The molecular weight excluding hydrogens is 330 g/mol. The maximum Gasteiger partial charge on any atom is 0.338 e. The number of benzene rings is 1. The van der Waals surface area contributed by atoms with E-state index in [2.05, 4.69) is 0 Å². The van der Waals surface area contributed by atoms with Crippen molar-refractivity contribution >= 4 is 32.1 Å². The highest BCUT2D eigenvalue weighted by Crippen LogP contribution is 2.23. The summed E-state index contributed by atoms with van der Waals surface area (Å²) in [5.74, 6) is -0.695. The van der Waals surface area contributed by atoms with E-state index in [0.717, 1.165) is 17.6 Å². The van der Waals surface area contributed by atoms with Crippen molar-refractivity contribution < 1.29 is 22.9 Å². The zero-order valence-electron chi connectivity index (χ0n) is 11.4. The number of esters is 1. The molecule has 0 unspecified atom stereocenters. The van der Waals surface area contributed by atoms with Crippen LogP contribution < -0.4 is 0 Å². The smallest absolute Gasteiger partial charge is 0.338 e. The Kier molecular flexibility index (Phi) is 4.57. The molecule has 1 heterocycles. The van der Waals surface area contributed by atoms with Crippen LogP contribution in [0.4, 0.5) is 5.00 Å². The second-order valence-electron chi connectivity index (χ2n) is 4.43. The van der Waals surface area contributed by atoms with Crippen LogP contribution >= 0.6 is 11.3 Å². The van der Waals surface area contributed by atoms with Gasteiger partial charge in [-0.3, -0.25) is 10.1 Å². The molecule has 0 atom stereocenters. The Hall–Kier alpha value is -2.26. The monoisotopic (exact) mass is 341 g/mol. The Morgan fingerprint density at radius 3 is 2.68 bits per heavy atom. The lowest BCUT2D eigenvalue weighted by atomic mass is 10.2. The second-order valence-corrected chi connectivity index (χ2v) is 7.33. The van der Waals surface area contributed by atoms with E-state index in [0.29, 0.717) is 5.56 Å². The second kappa shape index (κ2) is 6.24. The number of sulfone groups is 1. The number of carbonyl (C=O) groups excluding carboxylic acids is 1. The standard InChI is InChI=1S/C13H11NO6S2/c1-22(18,19)11-4-2-3-10(6-11)13(15)20-7-9-5-12(14(16)17)21-8-9/h2-6,8H,7H2,1H3. The number of nitro groups is 1. The van der Waals surface area contributed by atoms with E-state index in [4.69, 9.17) is 4.74 Å². The molecule has 0 saturated heterocycles. The van der Waals surface area contributed by atoms with Crippen molar-refractivity contribution in [2.45, 2.75) is 11.5 Å². The quantitative estimate of drug-likeness (QED) is 0.470.